The Kier molecular flexibility index (Phi) is 1.34. The summed E-state index contributed by atoms with van der Waals surface area (Å²) >= 11 is 0. The van der Waals surface area contributed by atoms with Crippen molar-refractivity contribution in [1.82, 2.24) is 15.0 Å². The molecule has 2 unspecified atom stereocenters. The van der Waals surface area contributed by atoms with Crippen molar-refractivity contribution in [2.24, 2.45) is 0 Å². The molecular weight excluding hydrogens is 140 g/mol. The van der Waals surface area contributed by atoms with Crippen LogP contribution in [0.15, 0.2) is 6.20 Å². The van der Waals surface area contributed by atoms with Crippen molar-refractivity contribution in [2.75, 3.05) is 5.32 Å². The van der Waals surface area contributed by atoms with E-state index in [9.17, 15) is 0 Å². The van der Waals surface area contributed by atoms with Gasteiger partial charge in [-0.25, -0.2) is 4.68 Å². The Morgan fingerprint density at radius 1 is 1.64 bits per heavy atom. The third-order valence-electron chi connectivity index (χ3n) is 2.08. The van der Waals surface area contributed by atoms with Gasteiger partial charge in [0.15, 0.2) is 0 Å². The quantitative estimate of drug-likeness (QED) is 0.604. The van der Waals surface area contributed by atoms with Crippen molar-refractivity contribution in [2.45, 2.75) is 32.4 Å². The Hall–Kier alpha value is -1.06. The molecule has 2 rings (SSSR count). The van der Waals surface area contributed by atoms with Crippen LogP contribution in [0, 0.1) is 0 Å². The van der Waals surface area contributed by atoms with Crippen LogP contribution in [0.3, 0.4) is 0 Å². The van der Waals surface area contributed by atoms with Crippen LogP contribution in [0.5, 0.6) is 0 Å². The summed E-state index contributed by atoms with van der Waals surface area (Å²) in [7, 11) is 0. The van der Waals surface area contributed by atoms with Gasteiger partial charge < -0.3 is 5.32 Å². The highest BCUT2D eigenvalue weighted by Gasteiger charge is 2.20. The zero-order valence-electron chi connectivity index (χ0n) is 6.78. The molecule has 0 spiro atoms. The van der Waals surface area contributed by atoms with Gasteiger partial charge in [-0.05, 0) is 20.3 Å². The van der Waals surface area contributed by atoms with Gasteiger partial charge in [0.05, 0.1) is 12.2 Å². The molecule has 4 heteroatoms. The van der Waals surface area contributed by atoms with Gasteiger partial charge in [-0.3, -0.25) is 0 Å². The molecule has 0 saturated carbocycles. The molecule has 60 valence electrons. The SMILES string of the molecule is CC1CC(C)n2nncc2N1. The van der Waals surface area contributed by atoms with Crippen LogP contribution in [0.1, 0.15) is 26.3 Å². The Labute approximate surface area is 65.6 Å². The van der Waals surface area contributed by atoms with Gasteiger partial charge in [-0.15, -0.1) is 5.10 Å². The van der Waals surface area contributed by atoms with E-state index >= 15 is 0 Å². The molecule has 2 heterocycles. The van der Waals surface area contributed by atoms with Gasteiger partial charge in [0, 0.05) is 6.04 Å². The van der Waals surface area contributed by atoms with E-state index in [-0.39, 0.29) is 0 Å². The molecule has 0 aromatic carbocycles. The minimum Gasteiger partial charge on any atom is -0.366 e. The fraction of sp³-hybridized carbons (Fsp3) is 0.714. The molecule has 0 aliphatic carbocycles. The molecule has 0 saturated heterocycles. The van der Waals surface area contributed by atoms with Gasteiger partial charge in [0.25, 0.3) is 0 Å². The molecule has 1 aliphatic heterocycles. The second kappa shape index (κ2) is 2.22. The van der Waals surface area contributed by atoms with Crippen LogP contribution in [0.4, 0.5) is 5.82 Å². The van der Waals surface area contributed by atoms with Gasteiger partial charge in [0.1, 0.15) is 5.82 Å². The van der Waals surface area contributed by atoms with Gasteiger partial charge in [0.2, 0.25) is 0 Å². The lowest BCUT2D eigenvalue weighted by atomic mass is 10.1. The first-order valence-electron chi connectivity index (χ1n) is 3.94. The van der Waals surface area contributed by atoms with Crippen molar-refractivity contribution in [3.8, 4) is 0 Å². The number of nitrogens with one attached hydrogen (secondary N) is 1. The number of anilines is 1. The maximum absolute atomic E-state index is 3.98. The standard InChI is InChI=1S/C7H12N4/c1-5-3-6(2)11-7(9-5)4-8-10-11/h4-6,9H,3H2,1-2H3. The van der Waals surface area contributed by atoms with Crippen LogP contribution >= 0.6 is 0 Å². The maximum atomic E-state index is 3.98. The Morgan fingerprint density at radius 3 is 3.27 bits per heavy atom. The fourth-order valence-corrected chi connectivity index (χ4v) is 1.60. The van der Waals surface area contributed by atoms with Gasteiger partial charge >= 0.3 is 0 Å². The third-order valence-corrected chi connectivity index (χ3v) is 2.08. The molecule has 1 aromatic rings. The summed E-state index contributed by atoms with van der Waals surface area (Å²) in [5.74, 6) is 1.04. The van der Waals surface area contributed by atoms with E-state index in [0.717, 1.165) is 12.2 Å². The summed E-state index contributed by atoms with van der Waals surface area (Å²) in [5.41, 5.74) is 0. The normalized spacial score (nSPS) is 29.3. The summed E-state index contributed by atoms with van der Waals surface area (Å²) < 4.78 is 1.93. The Morgan fingerprint density at radius 2 is 2.45 bits per heavy atom. The van der Waals surface area contributed by atoms with E-state index in [2.05, 4.69) is 29.5 Å². The largest absolute Gasteiger partial charge is 0.366 e. The van der Waals surface area contributed by atoms with Crippen LogP contribution in [0.25, 0.3) is 0 Å². The molecule has 4 nitrogen and oxygen atoms in total. The summed E-state index contributed by atoms with van der Waals surface area (Å²) in [6, 6.07) is 1.01. The van der Waals surface area contributed by atoms with E-state index in [1.54, 1.807) is 6.20 Å². The first-order valence-corrected chi connectivity index (χ1v) is 3.94. The molecule has 0 fully saturated rings. The lowest BCUT2D eigenvalue weighted by Crippen LogP contribution is -2.28. The van der Waals surface area contributed by atoms with Crippen LogP contribution in [-0.2, 0) is 0 Å². The molecule has 2 atom stereocenters. The molecule has 1 aromatic heterocycles. The van der Waals surface area contributed by atoms with Gasteiger partial charge in [-0.1, -0.05) is 5.21 Å². The highest BCUT2D eigenvalue weighted by atomic mass is 15.5. The molecule has 0 radical (unpaired) electrons. The average Bonchev–Trinajstić information content (AvgIpc) is 2.34. The molecule has 1 aliphatic rings. The topological polar surface area (TPSA) is 42.7 Å². The van der Waals surface area contributed by atoms with Crippen molar-refractivity contribution in [3.05, 3.63) is 6.20 Å². The fourth-order valence-electron chi connectivity index (χ4n) is 1.60. The average molecular weight is 152 g/mol. The molecule has 1 N–H and O–H groups in total. The lowest BCUT2D eigenvalue weighted by molar-refractivity contribution is 0.405. The molecule has 0 amide bonds. The van der Waals surface area contributed by atoms with E-state index in [1.165, 1.54) is 0 Å². The number of nitrogens with zero attached hydrogens (tertiary/aromatic N) is 3. The van der Waals surface area contributed by atoms with Gasteiger partial charge in [-0.2, -0.15) is 0 Å². The summed E-state index contributed by atoms with van der Waals surface area (Å²) in [6.07, 6.45) is 2.89. The predicted molar refractivity (Wildman–Crippen MR) is 42.4 cm³/mol. The molecular formula is C7H12N4. The first kappa shape index (κ1) is 6.64. The van der Waals surface area contributed by atoms with Crippen molar-refractivity contribution >= 4 is 5.82 Å². The lowest BCUT2D eigenvalue weighted by Gasteiger charge is -2.26. The molecule has 0 bridgehead atoms. The number of aromatic nitrogens is 3. The maximum Gasteiger partial charge on any atom is 0.145 e. The van der Waals surface area contributed by atoms with Crippen molar-refractivity contribution < 1.29 is 0 Å². The smallest absolute Gasteiger partial charge is 0.145 e. The Balaban J connectivity index is 2.36. The van der Waals surface area contributed by atoms with Crippen LogP contribution in [-0.4, -0.2) is 21.0 Å². The minimum atomic E-state index is 0.476. The highest BCUT2D eigenvalue weighted by molar-refractivity contribution is 5.34. The predicted octanol–water partition coefficient (Wildman–Crippen LogP) is 1.04. The zero-order chi connectivity index (χ0) is 7.84. The summed E-state index contributed by atoms with van der Waals surface area (Å²) in [6.45, 7) is 4.34. The number of rotatable bonds is 0. The van der Waals surface area contributed by atoms with Crippen molar-refractivity contribution in [1.29, 1.82) is 0 Å². The minimum absolute atomic E-state index is 0.476. The summed E-state index contributed by atoms with van der Waals surface area (Å²) in [4.78, 5) is 0. The van der Waals surface area contributed by atoms with E-state index in [1.807, 2.05) is 4.68 Å². The first-order chi connectivity index (χ1) is 5.27. The number of fused-ring (bicyclic) bond motifs is 1. The number of hydrogen-bond donors (Lipinski definition) is 1. The summed E-state index contributed by atoms with van der Waals surface area (Å²) in [5, 5.41) is 11.1. The van der Waals surface area contributed by atoms with Crippen LogP contribution < -0.4 is 5.32 Å². The number of hydrogen-bond acceptors (Lipinski definition) is 3. The highest BCUT2D eigenvalue weighted by Crippen LogP contribution is 2.23. The van der Waals surface area contributed by atoms with E-state index in [0.29, 0.717) is 12.1 Å². The Bertz CT molecular complexity index is 255. The zero-order valence-corrected chi connectivity index (χ0v) is 6.78. The monoisotopic (exact) mass is 152 g/mol. The second-order valence-electron chi connectivity index (χ2n) is 3.19. The van der Waals surface area contributed by atoms with E-state index in [4.69, 9.17) is 0 Å². The third kappa shape index (κ3) is 0.982. The second-order valence-corrected chi connectivity index (χ2v) is 3.19. The van der Waals surface area contributed by atoms with Crippen molar-refractivity contribution in [3.63, 3.8) is 0 Å². The van der Waals surface area contributed by atoms with Crippen LogP contribution in [0.2, 0.25) is 0 Å². The van der Waals surface area contributed by atoms with E-state index < -0.39 is 0 Å². The molecule has 11 heavy (non-hydrogen) atoms.